The maximum Gasteiger partial charge on any atom is 0.269 e. The quantitative estimate of drug-likeness (QED) is 0.810. The fraction of sp³-hybridized carbons (Fsp3) is 0.300. The molecule has 26 heavy (non-hydrogen) atoms. The summed E-state index contributed by atoms with van der Waals surface area (Å²) in [6.07, 6.45) is 2.23. The molecule has 1 aliphatic rings. The predicted molar refractivity (Wildman–Crippen MR) is 97.0 cm³/mol. The Hall–Kier alpha value is -2.86. The second-order valence-corrected chi connectivity index (χ2v) is 6.24. The average Bonchev–Trinajstić information content (AvgIpc) is 3.19. The van der Waals surface area contributed by atoms with E-state index in [1.165, 1.54) is 0 Å². The van der Waals surface area contributed by atoms with Crippen LogP contribution in [0.5, 0.6) is 5.75 Å². The van der Waals surface area contributed by atoms with E-state index in [0.717, 1.165) is 25.0 Å². The molecule has 2 N–H and O–H groups in total. The Kier molecular flexibility index (Phi) is 5.86. The first-order valence-electron chi connectivity index (χ1n) is 8.63. The van der Waals surface area contributed by atoms with Gasteiger partial charge in [-0.1, -0.05) is 17.7 Å². The molecule has 1 heterocycles. The number of hydrogen-bond acceptors (Lipinski definition) is 4. The van der Waals surface area contributed by atoms with Crippen LogP contribution in [-0.4, -0.2) is 31.1 Å². The molecular formula is C20H22N2O4. The van der Waals surface area contributed by atoms with Gasteiger partial charge < -0.3 is 9.47 Å². The highest BCUT2D eigenvalue weighted by atomic mass is 16.5. The molecule has 1 fully saturated rings. The minimum Gasteiger partial charge on any atom is -0.491 e. The summed E-state index contributed by atoms with van der Waals surface area (Å²) in [7, 11) is 0. The first kappa shape index (κ1) is 17.9. The minimum absolute atomic E-state index is 0.148. The van der Waals surface area contributed by atoms with Gasteiger partial charge in [0, 0.05) is 17.7 Å². The van der Waals surface area contributed by atoms with Gasteiger partial charge in [0.15, 0.2) is 0 Å². The van der Waals surface area contributed by atoms with Crippen LogP contribution in [0.1, 0.15) is 39.1 Å². The van der Waals surface area contributed by atoms with Gasteiger partial charge in [-0.05, 0) is 56.2 Å². The van der Waals surface area contributed by atoms with Crippen molar-refractivity contribution >= 4 is 11.8 Å². The Morgan fingerprint density at radius 3 is 2.12 bits per heavy atom. The number of amides is 2. The molecular weight excluding hydrogens is 332 g/mol. The Morgan fingerprint density at radius 2 is 1.58 bits per heavy atom. The molecule has 0 bridgehead atoms. The van der Waals surface area contributed by atoms with Crippen molar-refractivity contribution < 1.29 is 19.1 Å². The standard InChI is InChI=1S/C20H22N2O4/c1-14-4-6-15(7-5-14)19(23)21-22-20(24)16-8-10-17(11-9-16)26-13-18-3-2-12-25-18/h4-11,18H,2-3,12-13H2,1H3,(H,21,23)(H,22,24)/t18-/m1/s1. The summed E-state index contributed by atoms with van der Waals surface area (Å²) in [5.74, 6) is -0.0771. The number of rotatable bonds is 5. The topological polar surface area (TPSA) is 76.7 Å². The number of hydrazine groups is 1. The molecule has 6 nitrogen and oxygen atoms in total. The third-order valence-corrected chi connectivity index (χ3v) is 4.18. The van der Waals surface area contributed by atoms with Crippen LogP contribution in [0.4, 0.5) is 0 Å². The lowest BCUT2D eigenvalue weighted by molar-refractivity contribution is 0.0679. The van der Waals surface area contributed by atoms with Crippen molar-refractivity contribution in [3.63, 3.8) is 0 Å². The van der Waals surface area contributed by atoms with Gasteiger partial charge in [-0.25, -0.2) is 0 Å². The zero-order valence-corrected chi connectivity index (χ0v) is 14.7. The van der Waals surface area contributed by atoms with E-state index in [2.05, 4.69) is 10.9 Å². The van der Waals surface area contributed by atoms with Crippen LogP contribution in [0.25, 0.3) is 0 Å². The number of carbonyl (C=O) groups excluding carboxylic acids is 2. The van der Waals surface area contributed by atoms with Crippen LogP contribution in [0.2, 0.25) is 0 Å². The van der Waals surface area contributed by atoms with E-state index in [1.54, 1.807) is 36.4 Å². The van der Waals surface area contributed by atoms with Gasteiger partial charge in [-0.2, -0.15) is 0 Å². The Morgan fingerprint density at radius 1 is 1.00 bits per heavy atom. The van der Waals surface area contributed by atoms with Crippen molar-refractivity contribution in [2.24, 2.45) is 0 Å². The van der Waals surface area contributed by atoms with Crippen molar-refractivity contribution in [3.05, 3.63) is 65.2 Å². The second kappa shape index (κ2) is 8.49. The molecule has 0 spiro atoms. The summed E-state index contributed by atoms with van der Waals surface area (Å²) < 4.78 is 11.2. The highest BCUT2D eigenvalue weighted by Crippen LogP contribution is 2.16. The van der Waals surface area contributed by atoms with Gasteiger partial charge in [0.1, 0.15) is 12.4 Å². The molecule has 1 aliphatic heterocycles. The smallest absolute Gasteiger partial charge is 0.269 e. The average molecular weight is 354 g/mol. The van der Waals surface area contributed by atoms with Crippen LogP contribution in [0.3, 0.4) is 0 Å². The molecule has 0 radical (unpaired) electrons. The number of carbonyl (C=O) groups is 2. The summed E-state index contributed by atoms with van der Waals surface area (Å²) in [4.78, 5) is 24.1. The van der Waals surface area contributed by atoms with Crippen molar-refractivity contribution in [1.82, 2.24) is 10.9 Å². The minimum atomic E-state index is -0.392. The Balaban J connectivity index is 1.48. The van der Waals surface area contributed by atoms with Gasteiger partial charge >= 0.3 is 0 Å². The number of hydrogen-bond donors (Lipinski definition) is 2. The lowest BCUT2D eigenvalue weighted by Crippen LogP contribution is -2.41. The van der Waals surface area contributed by atoms with Crippen LogP contribution < -0.4 is 15.6 Å². The van der Waals surface area contributed by atoms with E-state index >= 15 is 0 Å². The van der Waals surface area contributed by atoms with E-state index in [1.807, 2.05) is 19.1 Å². The van der Waals surface area contributed by atoms with E-state index in [9.17, 15) is 9.59 Å². The summed E-state index contributed by atoms with van der Waals surface area (Å²) in [5, 5.41) is 0. The summed E-state index contributed by atoms with van der Waals surface area (Å²) in [6.45, 7) is 3.25. The number of benzene rings is 2. The highest BCUT2D eigenvalue weighted by Gasteiger charge is 2.16. The molecule has 0 unspecified atom stereocenters. The molecule has 3 rings (SSSR count). The van der Waals surface area contributed by atoms with Crippen molar-refractivity contribution in [1.29, 1.82) is 0 Å². The summed E-state index contributed by atoms with van der Waals surface area (Å²) >= 11 is 0. The van der Waals surface area contributed by atoms with Crippen LogP contribution in [0, 0.1) is 6.92 Å². The number of ether oxygens (including phenoxy) is 2. The molecule has 0 aliphatic carbocycles. The lowest BCUT2D eigenvalue weighted by Gasteiger charge is -2.12. The molecule has 136 valence electrons. The van der Waals surface area contributed by atoms with E-state index in [0.29, 0.717) is 23.5 Å². The summed E-state index contributed by atoms with van der Waals surface area (Å²) in [6, 6.07) is 13.8. The zero-order chi connectivity index (χ0) is 18.4. The molecule has 2 aromatic rings. The second-order valence-electron chi connectivity index (χ2n) is 6.24. The fourth-order valence-corrected chi connectivity index (χ4v) is 2.63. The van der Waals surface area contributed by atoms with Crippen molar-refractivity contribution in [3.8, 4) is 5.75 Å². The third kappa shape index (κ3) is 4.83. The zero-order valence-electron chi connectivity index (χ0n) is 14.7. The van der Waals surface area contributed by atoms with E-state index in [4.69, 9.17) is 9.47 Å². The fourth-order valence-electron chi connectivity index (χ4n) is 2.63. The van der Waals surface area contributed by atoms with Gasteiger partial charge in [-0.15, -0.1) is 0 Å². The van der Waals surface area contributed by atoms with Gasteiger partial charge in [0.2, 0.25) is 0 Å². The third-order valence-electron chi connectivity index (χ3n) is 4.18. The Labute approximate surface area is 152 Å². The normalized spacial score (nSPS) is 16.1. The molecule has 0 aromatic heterocycles. The van der Waals surface area contributed by atoms with Gasteiger partial charge in [0.05, 0.1) is 6.10 Å². The predicted octanol–water partition coefficient (Wildman–Crippen LogP) is 2.63. The van der Waals surface area contributed by atoms with Gasteiger partial charge in [0.25, 0.3) is 11.8 Å². The van der Waals surface area contributed by atoms with Crippen LogP contribution in [-0.2, 0) is 4.74 Å². The van der Waals surface area contributed by atoms with Crippen LogP contribution >= 0.6 is 0 Å². The maximum absolute atomic E-state index is 12.1. The molecule has 6 heteroatoms. The maximum atomic E-state index is 12.1. The lowest BCUT2D eigenvalue weighted by atomic mass is 10.1. The molecule has 2 aromatic carbocycles. The molecule has 1 saturated heterocycles. The first-order chi connectivity index (χ1) is 12.6. The highest BCUT2D eigenvalue weighted by molar-refractivity contribution is 5.99. The van der Waals surface area contributed by atoms with Crippen LogP contribution in [0.15, 0.2) is 48.5 Å². The monoisotopic (exact) mass is 354 g/mol. The van der Waals surface area contributed by atoms with Crippen molar-refractivity contribution in [2.45, 2.75) is 25.9 Å². The van der Waals surface area contributed by atoms with Gasteiger partial charge in [-0.3, -0.25) is 20.4 Å². The van der Waals surface area contributed by atoms with E-state index in [-0.39, 0.29) is 12.0 Å². The van der Waals surface area contributed by atoms with E-state index < -0.39 is 5.91 Å². The summed E-state index contributed by atoms with van der Waals surface area (Å²) in [5.41, 5.74) is 6.79. The van der Waals surface area contributed by atoms with Crippen molar-refractivity contribution in [2.75, 3.05) is 13.2 Å². The Bertz CT molecular complexity index is 750. The molecule has 0 saturated carbocycles. The number of nitrogens with one attached hydrogen (secondary N) is 2. The number of aryl methyl sites for hydroxylation is 1. The molecule has 1 atom stereocenters. The SMILES string of the molecule is Cc1ccc(C(=O)NNC(=O)c2ccc(OC[C@H]3CCCO3)cc2)cc1. The first-order valence-corrected chi connectivity index (χ1v) is 8.63. The largest absolute Gasteiger partial charge is 0.491 e. The molecule has 2 amide bonds.